The topological polar surface area (TPSA) is 6.48 Å². The Kier molecular flexibility index (Phi) is 4.74. The SMILES string of the molecule is CCN(C)CCN(C)C1=CC=CCC1. The van der Waals surface area contributed by atoms with E-state index < -0.39 is 0 Å². The highest BCUT2D eigenvalue weighted by atomic mass is 15.2. The van der Waals surface area contributed by atoms with E-state index >= 15 is 0 Å². The second-order valence-electron chi connectivity index (χ2n) is 3.94. The smallest absolute Gasteiger partial charge is 0.0299 e. The zero-order valence-electron chi connectivity index (χ0n) is 9.66. The molecule has 0 aromatic rings. The van der Waals surface area contributed by atoms with Crippen molar-refractivity contribution in [2.24, 2.45) is 0 Å². The zero-order chi connectivity index (χ0) is 10.4. The maximum Gasteiger partial charge on any atom is 0.0299 e. The van der Waals surface area contributed by atoms with Gasteiger partial charge in [-0.3, -0.25) is 0 Å². The third-order valence-electron chi connectivity index (χ3n) is 2.84. The number of nitrogens with zero attached hydrogens (tertiary/aromatic N) is 2. The van der Waals surface area contributed by atoms with Gasteiger partial charge in [0.1, 0.15) is 0 Å². The lowest BCUT2D eigenvalue weighted by atomic mass is 10.1. The van der Waals surface area contributed by atoms with Crippen LogP contribution in [0.2, 0.25) is 0 Å². The van der Waals surface area contributed by atoms with Crippen molar-refractivity contribution < 1.29 is 0 Å². The summed E-state index contributed by atoms with van der Waals surface area (Å²) in [5.74, 6) is 0. The first kappa shape index (κ1) is 11.3. The Morgan fingerprint density at radius 3 is 2.64 bits per heavy atom. The minimum absolute atomic E-state index is 1.13. The standard InChI is InChI=1S/C12H22N2/c1-4-13(2)10-11-14(3)12-8-6-5-7-9-12/h5-6,8H,4,7,9-11H2,1-3H3. The zero-order valence-corrected chi connectivity index (χ0v) is 9.66. The quantitative estimate of drug-likeness (QED) is 0.661. The van der Waals surface area contributed by atoms with Crippen LogP contribution in [0.25, 0.3) is 0 Å². The molecule has 80 valence electrons. The molecule has 1 rings (SSSR count). The van der Waals surface area contributed by atoms with Crippen LogP contribution in [0.15, 0.2) is 23.9 Å². The summed E-state index contributed by atoms with van der Waals surface area (Å²) in [7, 11) is 4.36. The number of likely N-dealkylation sites (N-methyl/N-ethyl adjacent to an activating group) is 2. The van der Waals surface area contributed by atoms with Gasteiger partial charge in [0, 0.05) is 25.8 Å². The van der Waals surface area contributed by atoms with Crippen molar-refractivity contribution in [3.8, 4) is 0 Å². The van der Waals surface area contributed by atoms with E-state index in [0.29, 0.717) is 0 Å². The van der Waals surface area contributed by atoms with Crippen molar-refractivity contribution in [2.75, 3.05) is 33.7 Å². The molecule has 0 radical (unpaired) electrons. The summed E-state index contributed by atoms with van der Waals surface area (Å²) >= 11 is 0. The first-order valence-corrected chi connectivity index (χ1v) is 5.49. The summed E-state index contributed by atoms with van der Waals surface area (Å²) in [5, 5.41) is 0. The van der Waals surface area contributed by atoms with Crippen molar-refractivity contribution in [1.82, 2.24) is 9.80 Å². The van der Waals surface area contributed by atoms with E-state index in [1.165, 1.54) is 18.5 Å². The molecular formula is C12H22N2. The average Bonchev–Trinajstić information content (AvgIpc) is 2.26. The molecule has 2 nitrogen and oxygen atoms in total. The van der Waals surface area contributed by atoms with Gasteiger partial charge in [-0.1, -0.05) is 19.1 Å². The highest BCUT2D eigenvalue weighted by Gasteiger charge is 2.05. The monoisotopic (exact) mass is 194 g/mol. The third kappa shape index (κ3) is 3.54. The predicted octanol–water partition coefficient (Wildman–Crippen LogP) is 2.10. The van der Waals surface area contributed by atoms with Crippen LogP contribution in [0.3, 0.4) is 0 Å². The molecule has 0 atom stereocenters. The number of rotatable bonds is 5. The van der Waals surface area contributed by atoms with E-state index in [9.17, 15) is 0 Å². The van der Waals surface area contributed by atoms with Crippen molar-refractivity contribution in [1.29, 1.82) is 0 Å². The van der Waals surface area contributed by atoms with Gasteiger partial charge in [-0.2, -0.15) is 0 Å². The summed E-state index contributed by atoms with van der Waals surface area (Å²) in [4.78, 5) is 4.71. The van der Waals surface area contributed by atoms with Gasteiger partial charge in [0.15, 0.2) is 0 Å². The minimum Gasteiger partial charge on any atom is -0.377 e. The second kappa shape index (κ2) is 5.86. The van der Waals surface area contributed by atoms with E-state index in [1.807, 2.05) is 0 Å². The van der Waals surface area contributed by atoms with Crippen molar-refractivity contribution >= 4 is 0 Å². The molecule has 0 fully saturated rings. The van der Waals surface area contributed by atoms with Gasteiger partial charge >= 0.3 is 0 Å². The van der Waals surface area contributed by atoms with Crippen LogP contribution < -0.4 is 0 Å². The predicted molar refractivity (Wildman–Crippen MR) is 62.3 cm³/mol. The van der Waals surface area contributed by atoms with E-state index in [-0.39, 0.29) is 0 Å². The molecule has 0 saturated heterocycles. The van der Waals surface area contributed by atoms with Crippen LogP contribution in [0.5, 0.6) is 0 Å². The van der Waals surface area contributed by atoms with Gasteiger partial charge in [-0.15, -0.1) is 0 Å². The maximum absolute atomic E-state index is 2.37. The second-order valence-corrected chi connectivity index (χ2v) is 3.94. The Bertz CT molecular complexity index is 218. The van der Waals surface area contributed by atoms with Gasteiger partial charge in [0.25, 0.3) is 0 Å². The van der Waals surface area contributed by atoms with Crippen LogP contribution in [-0.2, 0) is 0 Å². The third-order valence-corrected chi connectivity index (χ3v) is 2.84. The van der Waals surface area contributed by atoms with Crippen LogP contribution >= 0.6 is 0 Å². The molecule has 1 aliphatic rings. The van der Waals surface area contributed by atoms with Crippen LogP contribution in [0.1, 0.15) is 19.8 Å². The molecule has 14 heavy (non-hydrogen) atoms. The Morgan fingerprint density at radius 1 is 1.29 bits per heavy atom. The van der Waals surface area contributed by atoms with E-state index in [4.69, 9.17) is 0 Å². The fourth-order valence-electron chi connectivity index (χ4n) is 1.53. The largest absolute Gasteiger partial charge is 0.377 e. The van der Waals surface area contributed by atoms with Crippen LogP contribution in [0.4, 0.5) is 0 Å². The first-order valence-electron chi connectivity index (χ1n) is 5.49. The Labute approximate surface area is 87.9 Å². The average molecular weight is 194 g/mol. The fraction of sp³-hybridized carbons (Fsp3) is 0.667. The fourth-order valence-corrected chi connectivity index (χ4v) is 1.53. The molecule has 0 unspecified atom stereocenters. The lowest BCUT2D eigenvalue weighted by Gasteiger charge is -2.26. The van der Waals surface area contributed by atoms with Crippen LogP contribution in [-0.4, -0.2) is 43.5 Å². The molecule has 0 saturated carbocycles. The van der Waals surface area contributed by atoms with Crippen molar-refractivity contribution in [2.45, 2.75) is 19.8 Å². The molecule has 0 spiro atoms. The molecule has 0 N–H and O–H groups in total. The molecule has 1 aliphatic carbocycles. The van der Waals surface area contributed by atoms with Gasteiger partial charge in [-0.25, -0.2) is 0 Å². The lowest BCUT2D eigenvalue weighted by molar-refractivity contribution is 0.292. The molecule has 0 aliphatic heterocycles. The van der Waals surface area contributed by atoms with Gasteiger partial charge in [-0.05, 0) is 32.5 Å². The summed E-state index contributed by atoms with van der Waals surface area (Å²) in [6.45, 7) is 5.60. The molecule has 0 amide bonds. The van der Waals surface area contributed by atoms with Crippen molar-refractivity contribution in [3.63, 3.8) is 0 Å². The summed E-state index contributed by atoms with van der Waals surface area (Å²) in [6, 6.07) is 0. The van der Waals surface area contributed by atoms with Crippen molar-refractivity contribution in [3.05, 3.63) is 23.9 Å². The van der Waals surface area contributed by atoms with E-state index in [1.54, 1.807) is 0 Å². The highest BCUT2D eigenvalue weighted by molar-refractivity contribution is 5.16. The van der Waals surface area contributed by atoms with Gasteiger partial charge in [0.05, 0.1) is 0 Å². The summed E-state index contributed by atoms with van der Waals surface area (Å²) in [5.41, 5.74) is 1.47. The molecule has 0 bridgehead atoms. The van der Waals surface area contributed by atoms with Gasteiger partial charge < -0.3 is 9.80 Å². The Balaban J connectivity index is 2.30. The van der Waals surface area contributed by atoms with Crippen LogP contribution in [0, 0.1) is 0 Å². The molecule has 2 heteroatoms. The Morgan fingerprint density at radius 2 is 2.07 bits per heavy atom. The van der Waals surface area contributed by atoms with E-state index in [2.05, 4.69) is 49.0 Å². The van der Waals surface area contributed by atoms with Gasteiger partial charge in [0.2, 0.25) is 0 Å². The molecule has 0 heterocycles. The summed E-state index contributed by atoms with van der Waals surface area (Å²) in [6.07, 6.45) is 9.02. The molecule has 0 aromatic heterocycles. The van der Waals surface area contributed by atoms with E-state index in [0.717, 1.165) is 19.6 Å². The lowest BCUT2D eigenvalue weighted by Crippen LogP contribution is -2.30. The summed E-state index contributed by atoms with van der Waals surface area (Å²) < 4.78 is 0. The number of allylic oxidation sites excluding steroid dienone is 4. The number of hydrogen-bond acceptors (Lipinski definition) is 2. The molecular weight excluding hydrogens is 172 g/mol. The first-order chi connectivity index (χ1) is 6.74. The number of hydrogen-bond donors (Lipinski definition) is 0. The highest BCUT2D eigenvalue weighted by Crippen LogP contribution is 2.14. The normalized spacial score (nSPS) is 15.9. The maximum atomic E-state index is 2.37. The minimum atomic E-state index is 1.13. The molecule has 0 aromatic carbocycles. The Hall–Kier alpha value is -0.760.